The van der Waals surface area contributed by atoms with Gasteiger partial charge in [-0.2, -0.15) is 0 Å². The molecule has 0 aromatic heterocycles. The number of nitrogens with zero attached hydrogens (tertiary/aromatic N) is 2. The Hall–Kier alpha value is -2.22. The third-order valence-electron chi connectivity index (χ3n) is 6.21. The minimum absolute atomic E-state index is 0.494. The highest BCUT2D eigenvalue weighted by molar-refractivity contribution is 5.71. The maximum absolute atomic E-state index is 2.46. The first-order valence-corrected chi connectivity index (χ1v) is 11.6. The van der Waals surface area contributed by atoms with Crippen molar-refractivity contribution in [1.29, 1.82) is 0 Å². The molecule has 0 bridgehead atoms. The summed E-state index contributed by atoms with van der Waals surface area (Å²) in [6, 6.07) is 11.6. The Bertz CT molecular complexity index is 863. The highest BCUT2D eigenvalue weighted by Gasteiger charge is 2.26. The van der Waals surface area contributed by atoms with Crippen LogP contribution in [0.15, 0.2) is 42.7 Å². The summed E-state index contributed by atoms with van der Waals surface area (Å²) in [7, 11) is 0. The largest absolute Gasteiger partial charge is 0.327 e. The molecule has 3 rings (SSSR count). The molecule has 0 saturated heterocycles. The number of rotatable bonds is 6. The molecule has 2 aromatic rings. The van der Waals surface area contributed by atoms with Crippen molar-refractivity contribution in [2.75, 3.05) is 16.5 Å². The van der Waals surface area contributed by atoms with Crippen molar-refractivity contribution in [1.82, 2.24) is 0 Å². The quantitative estimate of drug-likeness (QED) is 0.478. The van der Waals surface area contributed by atoms with Gasteiger partial charge in [0.15, 0.2) is 0 Å². The Morgan fingerprint density at radius 2 is 0.967 bits per heavy atom. The SMILES string of the molecule is Cc1cc(C(C)C)c(N2C=CN(c3c(C(C)C)cccc3C(C)C)C2)c(C(C)C)c1. The van der Waals surface area contributed by atoms with E-state index < -0.39 is 0 Å². The Labute approximate surface area is 184 Å². The van der Waals surface area contributed by atoms with Gasteiger partial charge in [0.25, 0.3) is 0 Å². The van der Waals surface area contributed by atoms with Crippen LogP contribution in [0.2, 0.25) is 0 Å². The lowest BCUT2D eigenvalue weighted by Crippen LogP contribution is -2.28. The first-order chi connectivity index (χ1) is 14.1. The smallest absolute Gasteiger partial charge is 0.0989 e. The summed E-state index contributed by atoms with van der Waals surface area (Å²) in [5.74, 6) is 1.99. The zero-order valence-corrected chi connectivity index (χ0v) is 20.5. The summed E-state index contributed by atoms with van der Waals surface area (Å²) in [4.78, 5) is 4.92. The lowest BCUT2D eigenvalue weighted by Gasteiger charge is -2.31. The highest BCUT2D eigenvalue weighted by Crippen LogP contribution is 2.41. The zero-order valence-electron chi connectivity index (χ0n) is 20.5. The molecule has 0 spiro atoms. The van der Waals surface area contributed by atoms with Gasteiger partial charge in [-0.15, -0.1) is 0 Å². The van der Waals surface area contributed by atoms with Gasteiger partial charge in [0, 0.05) is 23.8 Å². The van der Waals surface area contributed by atoms with E-state index in [2.05, 4.69) is 115 Å². The van der Waals surface area contributed by atoms with Crippen LogP contribution in [0.1, 0.15) is 107 Å². The van der Waals surface area contributed by atoms with Crippen LogP contribution in [-0.2, 0) is 0 Å². The predicted molar refractivity (Wildman–Crippen MR) is 133 cm³/mol. The first kappa shape index (κ1) is 22.5. The fourth-order valence-corrected chi connectivity index (χ4v) is 4.60. The van der Waals surface area contributed by atoms with E-state index in [1.165, 1.54) is 39.2 Å². The van der Waals surface area contributed by atoms with E-state index in [0.717, 1.165) is 6.67 Å². The molecule has 30 heavy (non-hydrogen) atoms. The summed E-state index contributed by atoms with van der Waals surface area (Å²) < 4.78 is 0. The van der Waals surface area contributed by atoms with E-state index in [1.54, 1.807) is 0 Å². The van der Waals surface area contributed by atoms with Gasteiger partial charge in [0.1, 0.15) is 0 Å². The molecular formula is C28H40N2. The molecule has 0 radical (unpaired) electrons. The van der Waals surface area contributed by atoms with E-state index >= 15 is 0 Å². The van der Waals surface area contributed by atoms with E-state index in [9.17, 15) is 0 Å². The predicted octanol–water partition coefficient (Wildman–Crippen LogP) is 8.24. The van der Waals surface area contributed by atoms with Crippen LogP contribution in [0, 0.1) is 6.92 Å². The summed E-state index contributed by atoms with van der Waals surface area (Å²) in [6.07, 6.45) is 4.56. The molecule has 0 saturated carbocycles. The lowest BCUT2D eigenvalue weighted by molar-refractivity contribution is 0.801. The van der Waals surface area contributed by atoms with Crippen LogP contribution in [0.4, 0.5) is 11.4 Å². The molecule has 0 atom stereocenters. The van der Waals surface area contributed by atoms with Crippen LogP contribution in [0.5, 0.6) is 0 Å². The van der Waals surface area contributed by atoms with Crippen LogP contribution < -0.4 is 9.80 Å². The summed E-state index contributed by atoms with van der Waals surface area (Å²) in [5, 5.41) is 0. The molecule has 2 nitrogen and oxygen atoms in total. The van der Waals surface area contributed by atoms with E-state index in [0.29, 0.717) is 23.7 Å². The molecule has 0 unspecified atom stereocenters. The molecule has 0 fully saturated rings. The maximum Gasteiger partial charge on any atom is 0.0989 e. The Kier molecular flexibility index (Phi) is 6.65. The average Bonchev–Trinajstić information content (AvgIpc) is 3.15. The van der Waals surface area contributed by atoms with Crippen molar-refractivity contribution in [2.45, 2.75) is 86.0 Å². The number of hydrogen-bond donors (Lipinski definition) is 0. The second-order valence-corrected chi connectivity index (χ2v) is 10.1. The number of aryl methyl sites for hydroxylation is 1. The van der Waals surface area contributed by atoms with Crippen molar-refractivity contribution < 1.29 is 0 Å². The van der Waals surface area contributed by atoms with Crippen LogP contribution in [0.3, 0.4) is 0 Å². The topological polar surface area (TPSA) is 6.48 Å². The summed E-state index contributed by atoms with van der Waals surface area (Å²) in [5.41, 5.74) is 9.92. The Morgan fingerprint density at radius 1 is 0.600 bits per heavy atom. The molecule has 0 aliphatic carbocycles. The monoisotopic (exact) mass is 404 g/mol. The Balaban J connectivity index is 2.07. The zero-order chi connectivity index (χ0) is 22.2. The van der Waals surface area contributed by atoms with Crippen LogP contribution >= 0.6 is 0 Å². The maximum atomic E-state index is 2.46. The number of benzene rings is 2. The van der Waals surface area contributed by atoms with Crippen molar-refractivity contribution >= 4 is 11.4 Å². The van der Waals surface area contributed by atoms with Gasteiger partial charge >= 0.3 is 0 Å². The van der Waals surface area contributed by atoms with Gasteiger partial charge < -0.3 is 9.80 Å². The van der Waals surface area contributed by atoms with Crippen LogP contribution in [0.25, 0.3) is 0 Å². The van der Waals surface area contributed by atoms with E-state index in [1.807, 2.05) is 0 Å². The molecule has 2 heteroatoms. The van der Waals surface area contributed by atoms with Gasteiger partial charge in [0.05, 0.1) is 6.67 Å². The second kappa shape index (κ2) is 8.88. The average molecular weight is 405 g/mol. The second-order valence-electron chi connectivity index (χ2n) is 10.1. The molecule has 0 amide bonds. The van der Waals surface area contributed by atoms with Gasteiger partial charge in [-0.05, 0) is 52.8 Å². The van der Waals surface area contributed by atoms with Crippen molar-refractivity contribution in [2.24, 2.45) is 0 Å². The number of anilines is 2. The van der Waals surface area contributed by atoms with Crippen molar-refractivity contribution in [3.8, 4) is 0 Å². The molecule has 0 N–H and O–H groups in total. The summed E-state index contributed by atoms with van der Waals surface area (Å²) >= 11 is 0. The first-order valence-electron chi connectivity index (χ1n) is 11.6. The molecule has 1 aliphatic heterocycles. The molecule has 2 aromatic carbocycles. The van der Waals surface area contributed by atoms with Gasteiger partial charge in [-0.1, -0.05) is 91.3 Å². The number of hydrogen-bond acceptors (Lipinski definition) is 2. The molecule has 1 heterocycles. The lowest BCUT2D eigenvalue weighted by atomic mass is 9.90. The Morgan fingerprint density at radius 3 is 1.33 bits per heavy atom. The highest BCUT2D eigenvalue weighted by atomic mass is 15.3. The number of para-hydroxylation sites is 1. The van der Waals surface area contributed by atoms with Gasteiger partial charge in [0.2, 0.25) is 0 Å². The van der Waals surface area contributed by atoms with Gasteiger partial charge in [-0.3, -0.25) is 0 Å². The normalized spacial score (nSPS) is 14.3. The molecule has 162 valence electrons. The molecule has 1 aliphatic rings. The third-order valence-corrected chi connectivity index (χ3v) is 6.21. The fraction of sp³-hybridized carbons (Fsp3) is 0.500. The fourth-order valence-electron chi connectivity index (χ4n) is 4.60. The van der Waals surface area contributed by atoms with Crippen molar-refractivity contribution in [3.63, 3.8) is 0 Å². The van der Waals surface area contributed by atoms with Gasteiger partial charge in [-0.25, -0.2) is 0 Å². The molecular weight excluding hydrogens is 364 g/mol. The standard InChI is InChI=1S/C28H40N2/c1-18(2)23-11-10-12-24(19(3)4)27(23)29-13-14-30(17-29)28-25(20(5)6)15-22(9)16-26(28)21(7)8/h10-16,18-21H,17H2,1-9H3. The minimum atomic E-state index is 0.494. The van der Waals surface area contributed by atoms with Crippen LogP contribution in [-0.4, -0.2) is 6.67 Å². The van der Waals surface area contributed by atoms with E-state index in [-0.39, 0.29) is 0 Å². The third kappa shape index (κ3) is 4.29. The summed E-state index contributed by atoms with van der Waals surface area (Å²) in [6.45, 7) is 21.5. The minimum Gasteiger partial charge on any atom is -0.327 e. The van der Waals surface area contributed by atoms with E-state index in [4.69, 9.17) is 0 Å². The van der Waals surface area contributed by atoms with Crippen molar-refractivity contribution in [3.05, 3.63) is 70.5 Å².